The van der Waals surface area contributed by atoms with Gasteiger partial charge in [0, 0.05) is 12.5 Å². The monoisotopic (exact) mass is 587 g/mol. The largest absolute Gasteiger partial charge is 0.481 e. The normalized spacial score (nSPS) is 9.49. The molecular weight excluding hydrogens is 558 g/mol. The summed E-state index contributed by atoms with van der Waals surface area (Å²) in [5, 5.41) is 57.3. The molecule has 17 nitrogen and oxygen atoms in total. The molecule has 3 heterocycles. The molecule has 0 saturated heterocycles. The molecule has 3 aromatic heterocycles. The van der Waals surface area contributed by atoms with E-state index in [0.29, 0.717) is 37.8 Å². The van der Waals surface area contributed by atoms with Crippen LogP contribution in [0, 0.1) is 16.7 Å². The summed E-state index contributed by atoms with van der Waals surface area (Å²) in [5.74, 6) is -0.331. The highest BCUT2D eigenvalue weighted by Crippen LogP contribution is 2.14. The van der Waals surface area contributed by atoms with Crippen LogP contribution in [0.15, 0.2) is 67.3 Å². The summed E-state index contributed by atoms with van der Waals surface area (Å²) in [6, 6.07) is 17.1. The van der Waals surface area contributed by atoms with Crippen LogP contribution in [-0.4, -0.2) is 68.6 Å². The predicted octanol–water partition coefficient (Wildman–Crippen LogP) is 1.80. The quantitative estimate of drug-likeness (QED) is 0.122. The Bertz CT molecular complexity index is 1470. The number of carbonyl (C=O) groups is 1. The Morgan fingerprint density at radius 2 is 1.35 bits per heavy atom. The second-order valence-electron chi connectivity index (χ2n) is 7.97. The van der Waals surface area contributed by atoms with Crippen LogP contribution in [0.25, 0.3) is 11.4 Å². The van der Waals surface area contributed by atoms with Crippen LogP contribution < -0.4 is 5.73 Å². The number of H-pyrrole nitrogens is 2. The maximum Gasteiger partial charge on any atom is 0.300 e. The predicted molar refractivity (Wildman–Crippen MR) is 150 cm³/mol. The molecule has 5 rings (SSSR count). The number of aromatic amines is 2. The zero-order valence-electron chi connectivity index (χ0n) is 23.0. The Morgan fingerprint density at radius 3 is 1.74 bits per heavy atom. The van der Waals surface area contributed by atoms with Crippen molar-refractivity contribution in [2.24, 2.45) is 5.73 Å². The van der Waals surface area contributed by atoms with Crippen molar-refractivity contribution in [3.8, 4) is 17.5 Å². The lowest BCUT2D eigenvalue weighted by atomic mass is 10.1. The molecule has 17 heteroatoms. The van der Waals surface area contributed by atoms with Crippen LogP contribution in [0.4, 0.5) is 0 Å². The first-order chi connectivity index (χ1) is 20.9. The van der Waals surface area contributed by atoms with Crippen molar-refractivity contribution < 1.29 is 19.4 Å². The molecular formula is C26H29N13O4. The molecule has 5 aromatic rings. The third-order valence-corrected chi connectivity index (χ3v) is 4.67. The van der Waals surface area contributed by atoms with E-state index < -0.39 is 5.97 Å². The smallest absolute Gasteiger partial charge is 0.300 e. The first kappa shape index (κ1) is 33.2. The van der Waals surface area contributed by atoms with E-state index in [0.717, 1.165) is 41.3 Å². The fourth-order valence-corrected chi connectivity index (χ4v) is 2.88. The third kappa shape index (κ3) is 14.3. The molecule has 43 heavy (non-hydrogen) atoms. The first-order valence-electron chi connectivity index (χ1n) is 12.3. The highest BCUT2D eigenvalue weighted by Gasteiger charge is 2.03. The first-order valence-corrected chi connectivity index (χ1v) is 12.3. The fraction of sp³-hybridized carbons (Fsp3) is 0.192. The summed E-state index contributed by atoms with van der Waals surface area (Å²) in [6.07, 6.45) is 5.31. The molecule has 0 bridgehead atoms. The van der Waals surface area contributed by atoms with E-state index in [1.807, 2.05) is 36.4 Å². The number of carboxylic acids is 1. The van der Waals surface area contributed by atoms with Gasteiger partial charge in [0.1, 0.15) is 11.4 Å². The van der Waals surface area contributed by atoms with Crippen LogP contribution in [0.5, 0.6) is 0 Å². The number of hydrogen-bond acceptors (Lipinski definition) is 13. The number of rotatable bonds is 9. The Morgan fingerprint density at radius 1 is 0.907 bits per heavy atom. The van der Waals surface area contributed by atoms with E-state index in [9.17, 15) is 0 Å². The molecule has 0 aliphatic carbocycles. The number of nitrogens with one attached hydrogen (secondary N) is 3. The number of ether oxygens (including phenoxy) is 2. The van der Waals surface area contributed by atoms with Gasteiger partial charge in [0.15, 0.2) is 6.33 Å². The molecule has 222 valence electrons. The molecule has 0 radical (unpaired) electrons. The van der Waals surface area contributed by atoms with Crippen molar-refractivity contribution >= 4 is 12.3 Å². The van der Waals surface area contributed by atoms with E-state index in [4.69, 9.17) is 30.0 Å². The molecule has 0 saturated carbocycles. The minimum atomic E-state index is -0.833. The zero-order chi connectivity index (χ0) is 31.1. The van der Waals surface area contributed by atoms with Gasteiger partial charge in [-0.2, -0.15) is 36.1 Å². The fourth-order valence-electron chi connectivity index (χ4n) is 2.88. The van der Waals surface area contributed by atoms with Gasteiger partial charge in [-0.05, 0) is 23.3 Å². The standard InChI is InChI=1S/C12H11N7O.C11H10N4O.C2H4O2.CH4N2/c1-3-10(12-17-14-8-15-18-12)4-2-9(1)6-20-7-11-5-13-19-16-11;12-5-9-1-3-10(4-2-9)7-16-8-11-6-13-15-14-11;1-2(3)4;2-1-3/h1-5,8H,6-7H2,(H,13,16,19);1-4,6H,7-8H2,(H,13,14,15);1H3,(H,3,4);1H,(H3,2,3). The minimum Gasteiger partial charge on any atom is -0.481 e. The van der Waals surface area contributed by atoms with Gasteiger partial charge in [-0.15, -0.1) is 20.4 Å². The van der Waals surface area contributed by atoms with Crippen LogP contribution >= 0.6 is 0 Å². The number of benzene rings is 2. The summed E-state index contributed by atoms with van der Waals surface area (Å²) in [5.41, 5.74) is 9.53. The minimum absolute atomic E-state index is 0.424. The Kier molecular flexibility index (Phi) is 15.4. The molecule has 0 aliphatic rings. The van der Waals surface area contributed by atoms with Gasteiger partial charge in [-0.3, -0.25) is 10.2 Å². The van der Waals surface area contributed by atoms with Gasteiger partial charge in [0.2, 0.25) is 5.82 Å². The van der Waals surface area contributed by atoms with E-state index in [-0.39, 0.29) is 0 Å². The summed E-state index contributed by atoms with van der Waals surface area (Å²) >= 11 is 0. The SMILES string of the molecule is CC(=O)O.N#Cc1ccc(COCc2cn[nH]n2)cc1.N=CN.c1nnc(-c2ccc(COCc3cn[nH]n3)cc2)nn1. The lowest BCUT2D eigenvalue weighted by Gasteiger charge is -2.03. The van der Waals surface area contributed by atoms with Crippen LogP contribution in [-0.2, 0) is 40.7 Å². The number of nitrogens with two attached hydrogens (primary N) is 1. The molecule has 0 atom stereocenters. The van der Waals surface area contributed by atoms with Gasteiger partial charge < -0.3 is 20.3 Å². The number of aromatic nitrogens is 10. The maximum absolute atomic E-state index is 9.00. The van der Waals surface area contributed by atoms with Crippen molar-refractivity contribution in [1.29, 1.82) is 10.7 Å². The van der Waals surface area contributed by atoms with E-state index in [1.54, 1.807) is 24.5 Å². The van der Waals surface area contributed by atoms with Crippen molar-refractivity contribution in [2.75, 3.05) is 0 Å². The molecule has 0 aliphatic heterocycles. The van der Waals surface area contributed by atoms with Crippen molar-refractivity contribution in [3.05, 3.63) is 95.3 Å². The molecule has 0 amide bonds. The summed E-state index contributed by atoms with van der Waals surface area (Å²) < 4.78 is 11.0. The Labute approximate surface area is 245 Å². The van der Waals surface area contributed by atoms with Crippen molar-refractivity contribution in [3.63, 3.8) is 0 Å². The average Bonchev–Trinajstić information content (AvgIpc) is 3.74. The van der Waals surface area contributed by atoms with Crippen LogP contribution in [0.2, 0.25) is 0 Å². The van der Waals surface area contributed by atoms with Crippen molar-refractivity contribution in [2.45, 2.75) is 33.4 Å². The summed E-state index contributed by atoms with van der Waals surface area (Å²) in [7, 11) is 0. The van der Waals surface area contributed by atoms with Gasteiger partial charge in [0.05, 0.1) is 56.8 Å². The second kappa shape index (κ2) is 20.0. The molecule has 0 fully saturated rings. The molecule has 2 aromatic carbocycles. The topological polar surface area (TPSA) is 264 Å². The Hall–Kier alpha value is -5.99. The second-order valence-corrected chi connectivity index (χ2v) is 7.97. The van der Waals surface area contributed by atoms with Crippen LogP contribution in [0.1, 0.15) is 35.0 Å². The van der Waals surface area contributed by atoms with E-state index in [1.165, 1.54) is 6.33 Å². The highest BCUT2D eigenvalue weighted by molar-refractivity contribution is 5.63. The van der Waals surface area contributed by atoms with Crippen LogP contribution in [0.3, 0.4) is 0 Å². The maximum atomic E-state index is 9.00. The van der Waals surface area contributed by atoms with Gasteiger partial charge in [-0.1, -0.05) is 36.4 Å². The average molecular weight is 588 g/mol. The lowest BCUT2D eigenvalue weighted by molar-refractivity contribution is -0.134. The third-order valence-electron chi connectivity index (χ3n) is 4.67. The van der Waals surface area contributed by atoms with E-state index in [2.05, 4.69) is 63.0 Å². The zero-order valence-corrected chi connectivity index (χ0v) is 23.0. The molecule has 0 spiro atoms. The number of nitriles is 1. The van der Waals surface area contributed by atoms with E-state index >= 15 is 0 Å². The number of nitrogens with zero attached hydrogens (tertiary/aromatic N) is 9. The molecule has 0 unspecified atom stereocenters. The Balaban J connectivity index is 0.000000251. The van der Waals surface area contributed by atoms with Gasteiger partial charge >= 0.3 is 0 Å². The highest BCUT2D eigenvalue weighted by atomic mass is 16.5. The number of aliphatic carboxylic acids is 1. The molecule has 6 N–H and O–H groups in total. The van der Waals surface area contributed by atoms with Crippen molar-refractivity contribution in [1.82, 2.24) is 51.2 Å². The summed E-state index contributed by atoms with van der Waals surface area (Å²) in [4.78, 5) is 9.00. The van der Waals surface area contributed by atoms with Gasteiger partial charge in [0.25, 0.3) is 5.97 Å². The van der Waals surface area contributed by atoms with Gasteiger partial charge in [-0.25, -0.2) is 0 Å². The number of carboxylic acid groups (broad SMARTS) is 1. The summed E-state index contributed by atoms with van der Waals surface area (Å²) in [6.45, 7) is 2.93. The lowest BCUT2D eigenvalue weighted by Crippen LogP contribution is -1.96. The number of hydrogen-bond donors (Lipinski definition) is 5.